The normalized spacial score (nSPS) is 17.7. The van der Waals surface area contributed by atoms with Crippen LogP contribution in [0.2, 0.25) is 0 Å². The van der Waals surface area contributed by atoms with Crippen LogP contribution in [0, 0.1) is 0 Å². The number of rotatable bonds is 5. The number of carbonyl (C=O) groups excluding carboxylic acids is 2. The molecule has 0 bridgehead atoms. The highest BCUT2D eigenvalue weighted by molar-refractivity contribution is 6.09. The minimum absolute atomic E-state index is 0.151. The van der Waals surface area contributed by atoms with E-state index in [0.29, 0.717) is 23.5 Å². The van der Waals surface area contributed by atoms with Crippen LogP contribution in [0.5, 0.6) is 5.75 Å². The summed E-state index contributed by atoms with van der Waals surface area (Å²) in [5.74, 6) is 0.265. The Bertz CT molecular complexity index is 902. The maximum absolute atomic E-state index is 12.4. The zero-order chi connectivity index (χ0) is 19.3. The fourth-order valence-corrected chi connectivity index (χ4v) is 3.44. The van der Waals surface area contributed by atoms with E-state index >= 15 is 0 Å². The number of likely N-dealkylation sites (tertiary alicyclic amines) is 1. The lowest BCUT2D eigenvalue weighted by Gasteiger charge is -2.20. The van der Waals surface area contributed by atoms with Crippen LogP contribution in [-0.2, 0) is 4.79 Å². The third kappa shape index (κ3) is 4.23. The van der Waals surface area contributed by atoms with Gasteiger partial charge >= 0.3 is 0 Å². The molecule has 28 heavy (non-hydrogen) atoms. The molecule has 0 spiro atoms. The molecule has 2 N–H and O–H groups in total. The van der Waals surface area contributed by atoms with E-state index in [1.54, 1.807) is 24.3 Å². The van der Waals surface area contributed by atoms with E-state index in [1.807, 2.05) is 30.3 Å². The van der Waals surface area contributed by atoms with Crippen LogP contribution >= 0.6 is 0 Å². The molecule has 2 heterocycles. The van der Waals surface area contributed by atoms with Crippen molar-refractivity contribution >= 4 is 23.6 Å². The van der Waals surface area contributed by atoms with E-state index < -0.39 is 0 Å². The number of nitrogens with zero attached hydrogens (tertiary/aromatic N) is 1. The molecule has 2 aliphatic rings. The first-order valence-electron chi connectivity index (χ1n) is 9.59. The van der Waals surface area contributed by atoms with Crippen LogP contribution in [0.4, 0.5) is 5.69 Å². The average molecular weight is 377 g/mol. The van der Waals surface area contributed by atoms with Crippen LogP contribution < -0.4 is 15.4 Å². The molecule has 0 unspecified atom stereocenters. The van der Waals surface area contributed by atoms with Gasteiger partial charge in [0.05, 0.1) is 5.69 Å². The van der Waals surface area contributed by atoms with E-state index in [4.69, 9.17) is 4.74 Å². The SMILES string of the molecule is O=C1Nc2cc(C(=O)NCCN3CCCC3)ccc2O/C1=C\c1ccccc1. The molecule has 0 aromatic heterocycles. The number of nitrogens with one attached hydrogen (secondary N) is 2. The Morgan fingerprint density at radius 2 is 1.93 bits per heavy atom. The second kappa shape index (κ2) is 8.27. The Morgan fingerprint density at radius 1 is 1.14 bits per heavy atom. The summed E-state index contributed by atoms with van der Waals surface area (Å²) in [5, 5.41) is 5.75. The lowest BCUT2D eigenvalue weighted by molar-refractivity contribution is -0.115. The van der Waals surface area contributed by atoms with Gasteiger partial charge in [-0.1, -0.05) is 30.3 Å². The molecule has 1 fully saturated rings. The van der Waals surface area contributed by atoms with Gasteiger partial charge in [-0.15, -0.1) is 0 Å². The predicted molar refractivity (Wildman–Crippen MR) is 108 cm³/mol. The van der Waals surface area contributed by atoms with E-state index in [0.717, 1.165) is 25.2 Å². The van der Waals surface area contributed by atoms with Gasteiger partial charge in [0.15, 0.2) is 11.5 Å². The summed E-state index contributed by atoms with van der Waals surface area (Å²) in [6.45, 7) is 3.70. The fourth-order valence-electron chi connectivity index (χ4n) is 3.44. The molecule has 0 saturated carbocycles. The number of ether oxygens (including phenoxy) is 1. The number of hydrogen-bond donors (Lipinski definition) is 2. The molecule has 144 valence electrons. The van der Waals surface area contributed by atoms with Crippen molar-refractivity contribution < 1.29 is 14.3 Å². The van der Waals surface area contributed by atoms with Gasteiger partial charge in [-0.05, 0) is 55.8 Å². The van der Waals surface area contributed by atoms with Crippen molar-refractivity contribution in [2.24, 2.45) is 0 Å². The van der Waals surface area contributed by atoms with Crippen molar-refractivity contribution in [3.63, 3.8) is 0 Å². The zero-order valence-electron chi connectivity index (χ0n) is 15.6. The van der Waals surface area contributed by atoms with E-state index in [1.165, 1.54) is 12.8 Å². The topological polar surface area (TPSA) is 70.7 Å². The van der Waals surface area contributed by atoms with Gasteiger partial charge in [-0.3, -0.25) is 9.59 Å². The van der Waals surface area contributed by atoms with Gasteiger partial charge in [0.1, 0.15) is 0 Å². The average Bonchev–Trinajstić information content (AvgIpc) is 3.22. The smallest absolute Gasteiger partial charge is 0.291 e. The Balaban J connectivity index is 1.41. The third-order valence-electron chi connectivity index (χ3n) is 4.94. The summed E-state index contributed by atoms with van der Waals surface area (Å²) < 4.78 is 5.74. The Labute approximate surface area is 164 Å². The third-order valence-corrected chi connectivity index (χ3v) is 4.94. The Hall–Kier alpha value is -3.12. The number of fused-ring (bicyclic) bond motifs is 1. The quantitative estimate of drug-likeness (QED) is 0.786. The molecule has 4 rings (SSSR count). The molecule has 0 aliphatic carbocycles. The molecule has 2 aromatic carbocycles. The van der Waals surface area contributed by atoms with E-state index in [2.05, 4.69) is 15.5 Å². The van der Waals surface area contributed by atoms with Crippen LogP contribution in [0.1, 0.15) is 28.8 Å². The highest BCUT2D eigenvalue weighted by atomic mass is 16.5. The van der Waals surface area contributed by atoms with Gasteiger partial charge < -0.3 is 20.3 Å². The summed E-state index contributed by atoms with van der Waals surface area (Å²) >= 11 is 0. The highest BCUT2D eigenvalue weighted by Crippen LogP contribution is 2.32. The molecule has 0 atom stereocenters. The maximum atomic E-state index is 12.4. The second-order valence-corrected chi connectivity index (χ2v) is 6.99. The first kappa shape index (κ1) is 18.3. The summed E-state index contributed by atoms with van der Waals surface area (Å²) in [4.78, 5) is 27.1. The fraction of sp³-hybridized carbons (Fsp3) is 0.273. The predicted octanol–water partition coefficient (Wildman–Crippen LogP) is 2.88. The number of amides is 2. The van der Waals surface area contributed by atoms with Gasteiger partial charge in [0.2, 0.25) is 0 Å². The van der Waals surface area contributed by atoms with Crippen molar-refractivity contribution in [3.8, 4) is 5.75 Å². The van der Waals surface area contributed by atoms with Gasteiger partial charge in [-0.2, -0.15) is 0 Å². The highest BCUT2D eigenvalue weighted by Gasteiger charge is 2.23. The van der Waals surface area contributed by atoms with Gasteiger partial charge in [0, 0.05) is 18.7 Å². The van der Waals surface area contributed by atoms with Crippen molar-refractivity contribution in [2.75, 3.05) is 31.5 Å². The minimum atomic E-state index is -0.331. The molecule has 2 aliphatic heterocycles. The summed E-state index contributed by atoms with van der Waals surface area (Å²) in [5.41, 5.74) is 1.88. The van der Waals surface area contributed by atoms with Gasteiger partial charge in [0.25, 0.3) is 11.8 Å². The largest absolute Gasteiger partial charge is 0.449 e. The van der Waals surface area contributed by atoms with Crippen molar-refractivity contribution in [3.05, 3.63) is 65.4 Å². The van der Waals surface area contributed by atoms with Crippen LogP contribution in [0.3, 0.4) is 0 Å². The van der Waals surface area contributed by atoms with Crippen molar-refractivity contribution in [2.45, 2.75) is 12.8 Å². The first-order valence-corrected chi connectivity index (χ1v) is 9.59. The van der Waals surface area contributed by atoms with Crippen LogP contribution in [0.15, 0.2) is 54.3 Å². The lowest BCUT2D eigenvalue weighted by Crippen LogP contribution is -2.33. The summed E-state index contributed by atoms with van der Waals surface area (Å²) in [7, 11) is 0. The number of benzene rings is 2. The van der Waals surface area contributed by atoms with E-state index in [9.17, 15) is 9.59 Å². The summed E-state index contributed by atoms with van der Waals surface area (Å²) in [6, 6.07) is 14.6. The molecule has 2 aromatic rings. The molecule has 1 saturated heterocycles. The van der Waals surface area contributed by atoms with Crippen molar-refractivity contribution in [1.29, 1.82) is 0 Å². The minimum Gasteiger partial charge on any atom is -0.449 e. The molecule has 2 amide bonds. The summed E-state index contributed by atoms with van der Waals surface area (Å²) in [6.07, 6.45) is 4.16. The zero-order valence-corrected chi connectivity index (χ0v) is 15.6. The number of anilines is 1. The number of carbonyl (C=O) groups is 2. The van der Waals surface area contributed by atoms with Crippen LogP contribution in [0.25, 0.3) is 6.08 Å². The standard InChI is InChI=1S/C22H23N3O3/c26-21(23-10-13-25-11-4-5-12-25)17-8-9-19-18(15-17)24-22(27)20(28-19)14-16-6-2-1-3-7-16/h1-3,6-9,14-15H,4-5,10-13H2,(H,23,26)(H,24,27)/b20-14-. The Kier molecular flexibility index (Phi) is 5.39. The molecule has 6 nitrogen and oxygen atoms in total. The Morgan fingerprint density at radius 3 is 2.71 bits per heavy atom. The van der Waals surface area contributed by atoms with Crippen molar-refractivity contribution in [1.82, 2.24) is 10.2 Å². The first-order chi connectivity index (χ1) is 13.7. The maximum Gasteiger partial charge on any atom is 0.291 e. The van der Waals surface area contributed by atoms with E-state index in [-0.39, 0.29) is 17.6 Å². The lowest BCUT2D eigenvalue weighted by atomic mass is 10.1. The molecule has 0 radical (unpaired) electrons. The molecule has 6 heteroatoms. The van der Waals surface area contributed by atoms with Crippen LogP contribution in [-0.4, -0.2) is 42.9 Å². The monoisotopic (exact) mass is 377 g/mol. The number of hydrogen-bond acceptors (Lipinski definition) is 4. The molecular formula is C22H23N3O3. The molecular weight excluding hydrogens is 354 g/mol. The van der Waals surface area contributed by atoms with Gasteiger partial charge in [-0.25, -0.2) is 0 Å². The second-order valence-electron chi connectivity index (χ2n) is 6.99.